The van der Waals surface area contributed by atoms with Gasteiger partial charge in [0.1, 0.15) is 5.82 Å². The number of nitrogens with zero attached hydrogens (tertiary/aromatic N) is 1. The van der Waals surface area contributed by atoms with Gasteiger partial charge in [0.2, 0.25) is 0 Å². The molecule has 0 saturated heterocycles. The summed E-state index contributed by atoms with van der Waals surface area (Å²) in [6.07, 6.45) is 4.43. The Morgan fingerprint density at radius 3 is 3.00 bits per heavy atom. The SMILES string of the molecule is CC1CC(CNc2ncccc2N)C1. The average molecular weight is 191 g/mol. The van der Waals surface area contributed by atoms with Gasteiger partial charge in [0, 0.05) is 12.7 Å². The fourth-order valence-electron chi connectivity index (χ4n) is 2.04. The first kappa shape index (κ1) is 9.31. The monoisotopic (exact) mass is 191 g/mol. The van der Waals surface area contributed by atoms with E-state index in [2.05, 4.69) is 17.2 Å². The molecular weight excluding hydrogens is 174 g/mol. The molecule has 76 valence electrons. The molecule has 1 heterocycles. The number of hydrogen-bond acceptors (Lipinski definition) is 3. The lowest BCUT2D eigenvalue weighted by atomic mass is 9.76. The Labute approximate surface area is 84.7 Å². The Kier molecular flexibility index (Phi) is 2.57. The summed E-state index contributed by atoms with van der Waals surface area (Å²) in [5.74, 6) is 2.54. The number of pyridine rings is 1. The van der Waals surface area contributed by atoms with Crippen LogP contribution in [0.3, 0.4) is 0 Å². The van der Waals surface area contributed by atoms with Crippen molar-refractivity contribution in [2.75, 3.05) is 17.6 Å². The third-order valence-corrected chi connectivity index (χ3v) is 2.87. The first-order chi connectivity index (χ1) is 6.75. The van der Waals surface area contributed by atoms with Gasteiger partial charge in [0.15, 0.2) is 0 Å². The normalized spacial score (nSPS) is 25.5. The first-order valence-corrected chi connectivity index (χ1v) is 5.20. The Bertz CT molecular complexity index is 305. The Hall–Kier alpha value is -1.25. The molecule has 3 nitrogen and oxygen atoms in total. The van der Waals surface area contributed by atoms with Gasteiger partial charge in [-0.15, -0.1) is 0 Å². The molecule has 0 spiro atoms. The van der Waals surface area contributed by atoms with Crippen LogP contribution in [0.5, 0.6) is 0 Å². The van der Waals surface area contributed by atoms with Crippen molar-refractivity contribution in [1.82, 2.24) is 4.98 Å². The van der Waals surface area contributed by atoms with E-state index < -0.39 is 0 Å². The summed E-state index contributed by atoms with van der Waals surface area (Å²) >= 11 is 0. The Morgan fingerprint density at radius 2 is 2.36 bits per heavy atom. The van der Waals surface area contributed by atoms with Crippen LogP contribution in [0.4, 0.5) is 11.5 Å². The largest absolute Gasteiger partial charge is 0.396 e. The number of nitrogen functional groups attached to an aromatic ring is 1. The molecule has 1 aliphatic rings. The van der Waals surface area contributed by atoms with Gasteiger partial charge in [-0.25, -0.2) is 4.98 Å². The van der Waals surface area contributed by atoms with Crippen LogP contribution < -0.4 is 11.1 Å². The lowest BCUT2D eigenvalue weighted by molar-refractivity contribution is 0.225. The third-order valence-electron chi connectivity index (χ3n) is 2.87. The van der Waals surface area contributed by atoms with Crippen molar-refractivity contribution < 1.29 is 0 Å². The number of aromatic nitrogens is 1. The van der Waals surface area contributed by atoms with Gasteiger partial charge in [-0.2, -0.15) is 0 Å². The summed E-state index contributed by atoms with van der Waals surface area (Å²) < 4.78 is 0. The van der Waals surface area contributed by atoms with E-state index in [1.54, 1.807) is 6.20 Å². The van der Waals surface area contributed by atoms with E-state index in [1.165, 1.54) is 12.8 Å². The molecule has 14 heavy (non-hydrogen) atoms. The van der Waals surface area contributed by atoms with E-state index >= 15 is 0 Å². The van der Waals surface area contributed by atoms with Gasteiger partial charge in [-0.05, 0) is 36.8 Å². The van der Waals surface area contributed by atoms with Crippen molar-refractivity contribution in [1.29, 1.82) is 0 Å². The Balaban J connectivity index is 1.83. The lowest BCUT2D eigenvalue weighted by Crippen LogP contribution is -2.28. The number of anilines is 2. The molecule has 1 aromatic heterocycles. The highest BCUT2D eigenvalue weighted by atomic mass is 15.0. The molecule has 1 aromatic rings. The Morgan fingerprint density at radius 1 is 1.57 bits per heavy atom. The quantitative estimate of drug-likeness (QED) is 0.769. The maximum absolute atomic E-state index is 5.77. The number of nitrogens with one attached hydrogen (secondary N) is 1. The van der Waals surface area contributed by atoms with Crippen molar-refractivity contribution >= 4 is 11.5 Å². The van der Waals surface area contributed by atoms with Gasteiger partial charge >= 0.3 is 0 Å². The van der Waals surface area contributed by atoms with Gasteiger partial charge in [-0.3, -0.25) is 0 Å². The minimum Gasteiger partial charge on any atom is -0.396 e. The molecule has 0 aliphatic heterocycles. The summed E-state index contributed by atoms with van der Waals surface area (Å²) in [6, 6.07) is 3.73. The van der Waals surface area contributed by atoms with Gasteiger partial charge in [-0.1, -0.05) is 6.92 Å². The van der Waals surface area contributed by atoms with Gasteiger partial charge in [0.05, 0.1) is 5.69 Å². The van der Waals surface area contributed by atoms with E-state index in [9.17, 15) is 0 Å². The van der Waals surface area contributed by atoms with E-state index in [1.807, 2.05) is 12.1 Å². The summed E-state index contributed by atoms with van der Waals surface area (Å²) in [4.78, 5) is 4.19. The zero-order chi connectivity index (χ0) is 9.97. The minimum atomic E-state index is 0.736. The summed E-state index contributed by atoms with van der Waals surface area (Å²) in [7, 11) is 0. The van der Waals surface area contributed by atoms with E-state index in [4.69, 9.17) is 5.73 Å². The maximum atomic E-state index is 5.77. The van der Waals surface area contributed by atoms with Gasteiger partial charge < -0.3 is 11.1 Å². The van der Waals surface area contributed by atoms with Crippen molar-refractivity contribution in [3.8, 4) is 0 Å². The summed E-state index contributed by atoms with van der Waals surface area (Å²) in [6.45, 7) is 3.30. The van der Waals surface area contributed by atoms with E-state index in [0.29, 0.717) is 0 Å². The predicted molar refractivity (Wildman–Crippen MR) is 59.0 cm³/mol. The molecule has 0 atom stereocenters. The van der Waals surface area contributed by atoms with Gasteiger partial charge in [0.25, 0.3) is 0 Å². The van der Waals surface area contributed by atoms with Crippen LogP contribution >= 0.6 is 0 Å². The van der Waals surface area contributed by atoms with Crippen molar-refractivity contribution in [3.63, 3.8) is 0 Å². The summed E-state index contributed by atoms with van der Waals surface area (Å²) in [5, 5.41) is 3.30. The molecule has 1 saturated carbocycles. The van der Waals surface area contributed by atoms with Crippen LogP contribution in [-0.4, -0.2) is 11.5 Å². The molecule has 3 heteroatoms. The zero-order valence-corrected chi connectivity index (χ0v) is 8.53. The highest BCUT2D eigenvalue weighted by molar-refractivity contribution is 5.60. The molecule has 3 N–H and O–H groups in total. The van der Waals surface area contributed by atoms with Crippen LogP contribution in [0, 0.1) is 11.8 Å². The predicted octanol–water partition coefficient (Wildman–Crippen LogP) is 2.12. The number of rotatable bonds is 3. The molecule has 2 rings (SSSR count). The lowest BCUT2D eigenvalue weighted by Gasteiger charge is -2.32. The second-order valence-corrected chi connectivity index (χ2v) is 4.26. The highest BCUT2D eigenvalue weighted by Gasteiger charge is 2.24. The second kappa shape index (κ2) is 3.86. The van der Waals surface area contributed by atoms with Crippen molar-refractivity contribution in [3.05, 3.63) is 18.3 Å². The van der Waals surface area contributed by atoms with Crippen LogP contribution in [0.25, 0.3) is 0 Å². The molecule has 0 unspecified atom stereocenters. The summed E-state index contributed by atoms with van der Waals surface area (Å²) in [5.41, 5.74) is 6.50. The molecular formula is C11H17N3. The first-order valence-electron chi connectivity index (χ1n) is 5.20. The number of hydrogen-bond donors (Lipinski definition) is 2. The molecule has 0 amide bonds. The topological polar surface area (TPSA) is 50.9 Å². The maximum Gasteiger partial charge on any atom is 0.149 e. The van der Waals surface area contributed by atoms with Crippen LogP contribution in [0.2, 0.25) is 0 Å². The molecule has 1 fully saturated rings. The molecule has 0 aromatic carbocycles. The van der Waals surface area contributed by atoms with E-state index in [0.717, 1.165) is 29.9 Å². The van der Waals surface area contributed by atoms with Crippen molar-refractivity contribution in [2.45, 2.75) is 19.8 Å². The fraction of sp³-hybridized carbons (Fsp3) is 0.545. The van der Waals surface area contributed by atoms with Crippen molar-refractivity contribution in [2.24, 2.45) is 11.8 Å². The number of nitrogens with two attached hydrogens (primary N) is 1. The molecule has 0 bridgehead atoms. The highest BCUT2D eigenvalue weighted by Crippen LogP contribution is 2.33. The zero-order valence-electron chi connectivity index (χ0n) is 8.53. The van der Waals surface area contributed by atoms with Crippen LogP contribution in [0.15, 0.2) is 18.3 Å². The third kappa shape index (κ3) is 1.97. The molecule has 1 aliphatic carbocycles. The smallest absolute Gasteiger partial charge is 0.149 e. The minimum absolute atomic E-state index is 0.736. The standard InChI is InChI=1S/C11H17N3/c1-8-5-9(6-8)7-14-11-10(12)3-2-4-13-11/h2-4,8-9H,5-7,12H2,1H3,(H,13,14). The fourth-order valence-corrected chi connectivity index (χ4v) is 2.04. The molecule has 0 radical (unpaired) electrons. The second-order valence-electron chi connectivity index (χ2n) is 4.26. The average Bonchev–Trinajstić information content (AvgIpc) is 2.13. The van der Waals surface area contributed by atoms with E-state index in [-0.39, 0.29) is 0 Å². The van der Waals surface area contributed by atoms with Crippen LogP contribution in [0.1, 0.15) is 19.8 Å². The van der Waals surface area contributed by atoms with Crippen LogP contribution in [-0.2, 0) is 0 Å².